The molecule has 1 aromatic heterocycles. The molecule has 1 saturated carbocycles. The van der Waals surface area contributed by atoms with E-state index in [2.05, 4.69) is 16.5 Å². The van der Waals surface area contributed by atoms with E-state index in [1.807, 2.05) is 0 Å². The van der Waals surface area contributed by atoms with Crippen LogP contribution in [0, 0.1) is 24.2 Å². The van der Waals surface area contributed by atoms with E-state index in [0.29, 0.717) is 23.5 Å². The minimum atomic E-state index is -0.769. The Morgan fingerprint density at radius 3 is 2.84 bits per heavy atom. The molecular formula is C13H18N4O2. The first-order chi connectivity index (χ1) is 9.04. The maximum atomic E-state index is 11.3. The number of aromatic nitrogens is 2. The van der Waals surface area contributed by atoms with Crippen molar-refractivity contribution in [3.8, 4) is 6.07 Å². The van der Waals surface area contributed by atoms with Gasteiger partial charge in [-0.25, -0.2) is 0 Å². The Kier molecular flexibility index (Phi) is 3.74. The Morgan fingerprint density at radius 2 is 2.21 bits per heavy atom. The smallest absolute Gasteiger partial charge is 0.308 e. The van der Waals surface area contributed by atoms with Gasteiger partial charge in [-0.1, -0.05) is 12.8 Å². The largest absolute Gasteiger partial charge is 0.481 e. The summed E-state index contributed by atoms with van der Waals surface area (Å²) in [4.78, 5) is 11.3. The molecule has 0 amide bonds. The molecule has 1 aromatic rings. The van der Waals surface area contributed by atoms with Crippen molar-refractivity contribution < 1.29 is 9.90 Å². The number of hydrogen-bond acceptors (Lipinski definition) is 4. The monoisotopic (exact) mass is 262 g/mol. The third-order valence-electron chi connectivity index (χ3n) is 3.74. The van der Waals surface area contributed by atoms with E-state index in [4.69, 9.17) is 5.26 Å². The van der Waals surface area contributed by atoms with E-state index in [0.717, 1.165) is 19.3 Å². The lowest BCUT2D eigenvalue weighted by Crippen LogP contribution is -2.37. The van der Waals surface area contributed by atoms with Gasteiger partial charge in [0.25, 0.3) is 0 Å². The van der Waals surface area contributed by atoms with E-state index in [-0.39, 0.29) is 6.04 Å². The van der Waals surface area contributed by atoms with Crippen LogP contribution in [0.3, 0.4) is 0 Å². The van der Waals surface area contributed by atoms with Crippen LogP contribution in [0.5, 0.6) is 0 Å². The van der Waals surface area contributed by atoms with Gasteiger partial charge in [0.2, 0.25) is 0 Å². The minimum Gasteiger partial charge on any atom is -0.481 e. The van der Waals surface area contributed by atoms with Crippen LogP contribution < -0.4 is 5.32 Å². The van der Waals surface area contributed by atoms with Crippen LogP contribution in [0.25, 0.3) is 0 Å². The molecule has 19 heavy (non-hydrogen) atoms. The highest BCUT2D eigenvalue weighted by atomic mass is 16.4. The van der Waals surface area contributed by atoms with Gasteiger partial charge < -0.3 is 10.4 Å². The second kappa shape index (κ2) is 5.31. The van der Waals surface area contributed by atoms with Gasteiger partial charge >= 0.3 is 5.97 Å². The van der Waals surface area contributed by atoms with E-state index in [1.165, 1.54) is 0 Å². The number of nitriles is 1. The molecule has 1 heterocycles. The molecule has 0 aliphatic heterocycles. The quantitative estimate of drug-likeness (QED) is 0.864. The number of carboxylic acids is 1. The summed E-state index contributed by atoms with van der Waals surface area (Å²) in [6.45, 7) is 1.78. The van der Waals surface area contributed by atoms with Crippen LogP contribution in [-0.4, -0.2) is 26.9 Å². The number of nitrogens with zero attached hydrogens (tertiary/aromatic N) is 3. The van der Waals surface area contributed by atoms with Crippen LogP contribution >= 0.6 is 0 Å². The predicted molar refractivity (Wildman–Crippen MR) is 69.7 cm³/mol. The molecule has 1 fully saturated rings. The summed E-state index contributed by atoms with van der Waals surface area (Å²) >= 11 is 0. The molecule has 0 radical (unpaired) electrons. The summed E-state index contributed by atoms with van der Waals surface area (Å²) in [5.74, 6) is -0.539. The highest BCUT2D eigenvalue weighted by molar-refractivity contribution is 5.72. The third kappa shape index (κ3) is 2.55. The average molecular weight is 262 g/mol. The number of carboxylic acid groups (broad SMARTS) is 1. The van der Waals surface area contributed by atoms with Crippen LogP contribution in [-0.2, 0) is 11.8 Å². The van der Waals surface area contributed by atoms with Crippen molar-refractivity contribution in [2.24, 2.45) is 13.0 Å². The zero-order valence-electron chi connectivity index (χ0n) is 11.2. The highest BCUT2D eigenvalue weighted by Gasteiger charge is 2.32. The molecule has 0 spiro atoms. The van der Waals surface area contributed by atoms with E-state index >= 15 is 0 Å². The van der Waals surface area contributed by atoms with Gasteiger partial charge in [-0.3, -0.25) is 9.48 Å². The fourth-order valence-electron chi connectivity index (χ4n) is 2.73. The van der Waals surface area contributed by atoms with Gasteiger partial charge in [-0.2, -0.15) is 10.4 Å². The van der Waals surface area contributed by atoms with Crippen LogP contribution in [0.15, 0.2) is 0 Å². The van der Waals surface area contributed by atoms with Gasteiger partial charge in [-0.15, -0.1) is 0 Å². The minimum absolute atomic E-state index is 0.131. The lowest BCUT2D eigenvalue weighted by molar-refractivity contribution is -0.143. The zero-order chi connectivity index (χ0) is 14.0. The van der Waals surface area contributed by atoms with Gasteiger partial charge in [0.05, 0.1) is 11.6 Å². The summed E-state index contributed by atoms with van der Waals surface area (Å²) in [5.41, 5.74) is 1.16. The van der Waals surface area contributed by atoms with Gasteiger partial charge in [-0.05, 0) is 19.8 Å². The standard InChI is InChI=1S/C13H18N4O2/c1-8-10(7-14)12(17(2)16-8)15-11-6-4-3-5-9(11)13(18)19/h9,11,15H,3-6H2,1-2H3,(H,18,19). The molecule has 2 rings (SSSR count). The Bertz CT molecular complexity index is 529. The fourth-order valence-corrected chi connectivity index (χ4v) is 2.73. The molecule has 102 valence electrons. The maximum absolute atomic E-state index is 11.3. The predicted octanol–water partition coefficient (Wildman–Crippen LogP) is 1.66. The Labute approximate surface area is 112 Å². The van der Waals surface area contributed by atoms with Crippen molar-refractivity contribution in [3.05, 3.63) is 11.3 Å². The second-order valence-corrected chi connectivity index (χ2v) is 5.02. The molecule has 0 bridgehead atoms. The molecule has 2 atom stereocenters. The lowest BCUT2D eigenvalue weighted by Gasteiger charge is -2.30. The summed E-state index contributed by atoms with van der Waals surface area (Å²) < 4.78 is 1.61. The van der Waals surface area contributed by atoms with Gasteiger partial charge in [0, 0.05) is 13.1 Å². The molecule has 2 N–H and O–H groups in total. The first-order valence-electron chi connectivity index (χ1n) is 6.47. The fraction of sp³-hybridized carbons (Fsp3) is 0.615. The SMILES string of the molecule is Cc1nn(C)c(NC2CCCCC2C(=O)O)c1C#N. The van der Waals surface area contributed by atoms with E-state index in [9.17, 15) is 9.90 Å². The molecule has 6 heteroatoms. The Balaban J connectivity index is 2.25. The highest BCUT2D eigenvalue weighted by Crippen LogP contribution is 2.29. The van der Waals surface area contributed by atoms with Crippen molar-refractivity contribution >= 4 is 11.8 Å². The normalized spacial score (nSPS) is 22.8. The summed E-state index contributed by atoms with van der Waals surface area (Å²) in [5, 5.41) is 25.8. The maximum Gasteiger partial charge on any atom is 0.308 e. The van der Waals surface area contributed by atoms with Crippen molar-refractivity contribution in [1.82, 2.24) is 9.78 Å². The number of hydrogen-bond donors (Lipinski definition) is 2. The van der Waals surface area contributed by atoms with E-state index in [1.54, 1.807) is 18.7 Å². The first kappa shape index (κ1) is 13.4. The Morgan fingerprint density at radius 1 is 1.53 bits per heavy atom. The van der Waals surface area contributed by atoms with E-state index < -0.39 is 11.9 Å². The number of rotatable bonds is 3. The van der Waals surface area contributed by atoms with Crippen LogP contribution in [0.4, 0.5) is 5.82 Å². The van der Waals surface area contributed by atoms with Crippen molar-refractivity contribution in [1.29, 1.82) is 5.26 Å². The number of anilines is 1. The molecule has 1 aliphatic rings. The van der Waals surface area contributed by atoms with Crippen LogP contribution in [0.2, 0.25) is 0 Å². The van der Waals surface area contributed by atoms with Crippen molar-refractivity contribution in [2.45, 2.75) is 38.6 Å². The molecular weight excluding hydrogens is 244 g/mol. The zero-order valence-corrected chi connectivity index (χ0v) is 11.2. The van der Waals surface area contributed by atoms with Crippen molar-refractivity contribution in [2.75, 3.05) is 5.32 Å². The number of aryl methyl sites for hydroxylation is 2. The number of aliphatic carboxylic acids is 1. The number of nitrogens with one attached hydrogen (secondary N) is 1. The molecule has 1 aliphatic carbocycles. The first-order valence-corrected chi connectivity index (χ1v) is 6.47. The van der Waals surface area contributed by atoms with Gasteiger partial charge in [0.15, 0.2) is 0 Å². The van der Waals surface area contributed by atoms with Crippen LogP contribution in [0.1, 0.15) is 36.9 Å². The Hall–Kier alpha value is -2.03. The summed E-state index contributed by atoms with van der Waals surface area (Å²) in [6.07, 6.45) is 3.46. The summed E-state index contributed by atoms with van der Waals surface area (Å²) in [6, 6.07) is 1.99. The topological polar surface area (TPSA) is 90.9 Å². The van der Waals surface area contributed by atoms with Crippen molar-refractivity contribution in [3.63, 3.8) is 0 Å². The second-order valence-electron chi connectivity index (χ2n) is 5.02. The summed E-state index contributed by atoms with van der Waals surface area (Å²) in [7, 11) is 1.76. The lowest BCUT2D eigenvalue weighted by atomic mass is 9.84. The number of carbonyl (C=O) groups is 1. The third-order valence-corrected chi connectivity index (χ3v) is 3.74. The molecule has 0 aromatic carbocycles. The van der Waals surface area contributed by atoms with Gasteiger partial charge in [0.1, 0.15) is 17.5 Å². The average Bonchev–Trinajstić information content (AvgIpc) is 2.64. The molecule has 6 nitrogen and oxygen atoms in total. The molecule has 0 saturated heterocycles. The molecule has 2 unspecified atom stereocenters.